The molecule has 0 saturated heterocycles. The largest absolute Gasteiger partial charge is 0.497 e. The molecule has 7 nitrogen and oxygen atoms in total. The van der Waals surface area contributed by atoms with Crippen molar-refractivity contribution in [3.05, 3.63) is 77.3 Å². The van der Waals surface area contributed by atoms with Gasteiger partial charge in [-0.1, -0.05) is 23.7 Å². The monoisotopic (exact) mass is 446 g/mol. The van der Waals surface area contributed by atoms with E-state index in [1.807, 2.05) is 0 Å². The fraction of sp³-hybridized carbons (Fsp3) is 0.0952. The van der Waals surface area contributed by atoms with Gasteiger partial charge in [0.05, 0.1) is 35.4 Å². The Labute approximate surface area is 179 Å². The van der Waals surface area contributed by atoms with E-state index in [1.165, 1.54) is 44.6 Å². The second-order valence-corrected chi connectivity index (χ2v) is 8.22. The number of para-hydroxylation sites is 2. The highest BCUT2D eigenvalue weighted by molar-refractivity contribution is 7.92. The number of nitrogens with one attached hydrogen (secondary N) is 2. The van der Waals surface area contributed by atoms with Crippen molar-refractivity contribution in [3.63, 3.8) is 0 Å². The highest BCUT2D eigenvalue weighted by Crippen LogP contribution is 2.27. The summed E-state index contributed by atoms with van der Waals surface area (Å²) in [4.78, 5) is 12.8. The number of anilines is 2. The van der Waals surface area contributed by atoms with Crippen LogP contribution in [0.15, 0.2) is 71.6 Å². The third kappa shape index (κ3) is 4.84. The van der Waals surface area contributed by atoms with Crippen molar-refractivity contribution in [1.29, 1.82) is 0 Å². The molecule has 30 heavy (non-hydrogen) atoms. The molecule has 0 unspecified atom stereocenters. The molecule has 0 aromatic heterocycles. The zero-order valence-electron chi connectivity index (χ0n) is 16.2. The lowest BCUT2D eigenvalue weighted by atomic mass is 10.2. The first-order chi connectivity index (χ1) is 14.3. The summed E-state index contributed by atoms with van der Waals surface area (Å²) in [5.74, 6) is 0.518. The van der Waals surface area contributed by atoms with Gasteiger partial charge in [0.15, 0.2) is 0 Å². The van der Waals surface area contributed by atoms with Gasteiger partial charge in [-0.2, -0.15) is 0 Å². The second kappa shape index (κ2) is 9.06. The smallest absolute Gasteiger partial charge is 0.261 e. The van der Waals surface area contributed by atoms with Gasteiger partial charge in [0.2, 0.25) is 0 Å². The van der Waals surface area contributed by atoms with Crippen LogP contribution >= 0.6 is 11.6 Å². The van der Waals surface area contributed by atoms with Crippen molar-refractivity contribution in [2.45, 2.75) is 4.90 Å². The van der Waals surface area contributed by atoms with Crippen molar-refractivity contribution in [1.82, 2.24) is 0 Å². The third-order valence-electron chi connectivity index (χ3n) is 4.19. The van der Waals surface area contributed by atoms with Gasteiger partial charge in [-0.05, 0) is 54.6 Å². The molecule has 0 aliphatic heterocycles. The van der Waals surface area contributed by atoms with E-state index in [-0.39, 0.29) is 21.2 Å². The van der Waals surface area contributed by atoms with Crippen LogP contribution in [0.2, 0.25) is 5.02 Å². The number of ether oxygens (including phenoxy) is 2. The van der Waals surface area contributed by atoms with Gasteiger partial charge >= 0.3 is 0 Å². The zero-order valence-corrected chi connectivity index (χ0v) is 17.8. The summed E-state index contributed by atoms with van der Waals surface area (Å²) < 4.78 is 38.0. The fourth-order valence-electron chi connectivity index (χ4n) is 2.67. The van der Waals surface area contributed by atoms with Crippen molar-refractivity contribution in [3.8, 4) is 11.5 Å². The predicted octanol–water partition coefficient (Wildman–Crippen LogP) is 4.41. The van der Waals surface area contributed by atoms with Crippen LogP contribution in [-0.2, 0) is 10.0 Å². The number of carbonyl (C=O) groups excluding carboxylic acids is 1. The van der Waals surface area contributed by atoms with Gasteiger partial charge in [-0.25, -0.2) is 8.42 Å². The van der Waals surface area contributed by atoms with Crippen molar-refractivity contribution in [2.75, 3.05) is 24.3 Å². The lowest BCUT2D eigenvalue weighted by Gasteiger charge is -2.13. The first kappa shape index (κ1) is 21.5. The highest BCUT2D eigenvalue weighted by atomic mass is 35.5. The number of hydrogen-bond donors (Lipinski definition) is 2. The fourth-order valence-corrected chi connectivity index (χ4v) is 3.92. The summed E-state index contributed by atoms with van der Waals surface area (Å²) in [7, 11) is -0.878. The SMILES string of the molecule is COc1ccc(S(=O)(=O)Nc2ccc(Cl)c(C(=O)Nc3ccccc3OC)c2)cc1. The Bertz CT molecular complexity index is 1160. The molecule has 0 spiro atoms. The van der Waals surface area contributed by atoms with E-state index in [2.05, 4.69) is 10.0 Å². The zero-order chi connectivity index (χ0) is 21.7. The van der Waals surface area contributed by atoms with Crippen LogP contribution in [0.25, 0.3) is 0 Å². The molecule has 0 aliphatic rings. The van der Waals surface area contributed by atoms with E-state index in [0.29, 0.717) is 17.2 Å². The molecule has 1 amide bonds. The van der Waals surface area contributed by atoms with E-state index in [4.69, 9.17) is 21.1 Å². The summed E-state index contributed by atoms with van der Waals surface area (Å²) in [5.41, 5.74) is 0.767. The first-order valence-electron chi connectivity index (χ1n) is 8.75. The summed E-state index contributed by atoms with van der Waals surface area (Å²) in [5, 5.41) is 2.89. The Balaban J connectivity index is 1.84. The molecule has 9 heteroatoms. The molecular weight excluding hydrogens is 428 g/mol. The number of benzene rings is 3. The van der Waals surface area contributed by atoms with E-state index >= 15 is 0 Å². The van der Waals surface area contributed by atoms with Gasteiger partial charge in [0.25, 0.3) is 15.9 Å². The molecule has 3 aromatic carbocycles. The molecule has 0 atom stereocenters. The van der Waals surface area contributed by atoms with Gasteiger partial charge in [0.1, 0.15) is 11.5 Å². The molecule has 3 rings (SSSR count). The van der Waals surface area contributed by atoms with E-state index in [9.17, 15) is 13.2 Å². The van der Waals surface area contributed by atoms with Crippen molar-refractivity contribution >= 4 is 38.9 Å². The van der Waals surface area contributed by atoms with Crippen LogP contribution in [-0.4, -0.2) is 28.5 Å². The van der Waals surface area contributed by atoms with E-state index < -0.39 is 15.9 Å². The lowest BCUT2D eigenvalue weighted by Crippen LogP contribution is -2.16. The summed E-state index contributed by atoms with van der Waals surface area (Å²) in [6, 6.07) is 17.1. The Morgan fingerprint density at radius 1 is 0.933 bits per heavy atom. The number of carbonyl (C=O) groups is 1. The molecule has 0 aliphatic carbocycles. The molecular formula is C21H19ClN2O5S. The Kier molecular flexibility index (Phi) is 6.49. The number of methoxy groups -OCH3 is 2. The molecule has 3 aromatic rings. The third-order valence-corrected chi connectivity index (χ3v) is 5.91. The topological polar surface area (TPSA) is 93.7 Å². The van der Waals surface area contributed by atoms with E-state index in [0.717, 1.165) is 0 Å². The summed E-state index contributed by atoms with van der Waals surface area (Å²) >= 11 is 6.17. The van der Waals surface area contributed by atoms with Gasteiger partial charge in [0, 0.05) is 5.69 Å². The number of halogens is 1. The number of hydrogen-bond acceptors (Lipinski definition) is 5. The van der Waals surface area contributed by atoms with E-state index in [1.54, 1.807) is 36.4 Å². The van der Waals surface area contributed by atoms with Crippen molar-refractivity contribution < 1.29 is 22.7 Å². The quantitative estimate of drug-likeness (QED) is 0.560. The summed E-state index contributed by atoms with van der Waals surface area (Å²) in [6.07, 6.45) is 0. The van der Waals surface area contributed by atoms with Crippen LogP contribution < -0.4 is 19.5 Å². The predicted molar refractivity (Wildman–Crippen MR) is 116 cm³/mol. The molecule has 0 bridgehead atoms. The van der Waals surface area contributed by atoms with Crippen LogP contribution in [0.4, 0.5) is 11.4 Å². The highest BCUT2D eigenvalue weighted by Gasteiger charge is 2.18. The Hall–Kier alpha value is -3.23. The molecule has 0 heterocycles. The number of sulfonamides is 1. The van der Waals surface area contributed by atoms with Crippen LogP contribution in [0.5, 0.6) is 11.5 Å². The maximum Gasteiger partial charge on any atom is 0.261 e. The van der Waals surface area contributed by atoms with Gasteiger partial charge in [-0.15, -0.1) is 0 Å². The van der Waals surface area contributed by atoms with Gasteiger partial charge in [-0.3, -0.25) is 9.52 Å². The average Bonchev–Trinajstić information content (AvgIpc) is 2.75. The molecule has 0 radical (unpaired) electrons. The second-order valence-electron chi connectivity index (χ2n) is 6.13. The number of rotatable bonds is 7. The Morgan fingerprint density at radius 2 is 1.63 bits per heavy atom. The molecule has 0 saturated carbocycles. The minimum absolute atomic E-state index is 0.0540. The molecule has 2 N–H and O–H groups in total. The number of amides is 1. The minimum Gasteiger partial charge on any atom is -0.497 e. The normalized spacial score (nSPS) is 10.9. The average molecular weight is 447 g/mol. The van der Waals surface area contributed by atoms with Crippen LogP contribution in [0, 0.1) is 0 Å². The molecule has 0 fully saturated rings. The van der Waals surface area contributed by atoms with Crippen LogP contribution in [0.1, 0.15) is 10.4 Å². The maximum absolute atomic E-state index is 12.7. The Morgan fingerprint density at radius 3 is 2.30 bits per heavy atom. The summed E-state index contributed by atoms with van der Waals surface area (Å²) in [6.45, 7) is 0. The van der Waals surface area contributed by atoms with Crippen LogP contribution in [0.3, 0.4) is 0 Å². The standard InChI is InChI=1S/C21H19ClN2O5S/c1-28-15-8-10-16(11-9-15)30(26,27)24-14-7-12-18(22)17(13-14)21(25)23-19-5-3-4-6-20(19)29-2/h3-13,24H,1-2H3,(H,23,25). The first-order valence-corrected chi connectivity index (χ1v) is 10.6. The lowest BCUT2D eigenvalue weighted by molar-refractivity contribution is 0.102. The van der Waals surface area contributed by atoms with Crippen molar-refractivity contribution in [2.24, 2.45) is 0 Å². The van der Waals surface area contributed by atoms with Gasteiger partial charge < -0.3 is 14.8 Å². The maximum atomic E-state index is 12.7. The minimum atomic E-state index is -3.86. The molecule has 156 valence electrons.